The van der Waals surface area contributed by atoms with Gasteiger partial charge in [0, 0.05) is 31.8 Å². The van der Waals surface area contributed by atoms with Crippen molar-refractivity contribution in [3.05, 3.63) is 125 Å². The Hall–Kier alpha value is -6.64. The molecule has 64 heavy (non-hydrogen) atoms. The summed E-state index contributed by atoms with van der Waals surface area (Å²) in [6, 6.07) is 11.5. The first kappa shape index (κ1) is 50.0. The lowest BCUT2D eigenvalue weighted by Crippen LogP contribution is -2.57. The number of halogens is 4. The van der Waals surface area contributed by atoms with E-state index in [1.165, 1.54) is 43.4 Å². The molecular formula is C44H53F4N8O8+. The lowest BCUT2D eigenvalue weighted by molar-refractivity contribution is -0.490. The van der Waals surface area contributed by atoms with Crippen LogP contribution in [0.15, 0.2) is 85.1 Å². The normalized spacial score (nSPS) is 17.6. The summed E-state index contributed by atoms with van der Waals surface area (Å²) < 4.78 is 64.8. The summed E-state index contributed by atoms with van der Waals surface area (Å²) in [6.45, 7) is 10.1. The number of esters is 1. The first-order valence-corrected chi connectivity index (χ1v) is 20.2. The van der Waals surface area contributed by atoms with Crippen LogP contribution in [0.1, 0.15) is 67.4 Å². The highest BCUT2D eigenvalue weighted by Crippen LogP contribution is 2.31. The largest absolute Gasteiger partial charge is 0.466 e. The van der Waals surface area contributed by atoms with E-state index in [4.69, 9.17) is 9.47 Å². The zero-order valence-electron chi connectivity index (χ0n) is 35.7. The Kier molecular flexibility index (Phi) is 19.0. The molecule has 0 aromatic heterocycles. The topological polar surface area (TPSA) is 202 Å². The first-order chi connectivity index (χ1) is 30.7. The van der Waals surface area contributed by atoms with Gasteiger partial charge in [-0.15, -0.1) is 13.2 Å². The molecule has 344 valence electrons. The van der Waals surface area contributed by atoms with Crippen LogP contribution in [0.2, 0.25) is 0 Å². The van der Waals surface area contributed by atoms with Crippen molar-refractivity contribution in [3.8, 4) is 0 Å². The number of benzene rings is 3. The lowest BCUT2D eigenvalue weighted by Gasteiger charge is -2.32. The number of aliphatic hydroxyl groups excluding tert-OH is 1. The minimum atomic E-state index is -1.10. The molecule has 3 aliphatic rings. The minimum absolute atomic E-state index is 0.0102. The summed E-state index contributed by atoms with van der Waals surface area (Å²) in [5.41, 5.74) is 2.68. The van der Waals surface area contributed by atoms with E-state index in [1.54, 1.807) is 0 Å². The number of nitrogens with zero attached hydrogens (tertiary/aromatic N) is 2. The fraction of sp³-hybridized carbons (Fsp3) is 0.364. The predicted octanol–water partition coefficient (Wildman–Crippen LogP) is 5.20. The SMILES string of the molecule is C=C.CC(=O)Nc1cccc(C2CCN(CCCNC(=O)[N+]3=C(CCO)NC(=O)NC3c3ccc(F)c(F)c3)CC2)c1.COCC1=C(C(=O)OC)[C@@H](c2ccc(F)c(F)c2)NC(=O)N1. The van der Waals surface area contributed by atoms with Crippen molar-refractivity contribution in [2.24, 2.45) is 0 Å². The molecule has 1 saturated heterocycles. The van der Waals surface area contributed by atoms with Gasteiger partial charge in [0.2, 0.25) is 11.7 Å². The van der Waals surface area contributed by atoms with Crippen LogP contribution < -0.4 is 31.9 Å². The summed E-state index contributed by atoms with van der Waals surface area (Å²) >= 11 is 0. The van der Waals surface area contributed by atoms with Crippen molar-refractivity contribution < 1.29 is 60.7 Å². The van der Waals surface area contributed by atoms with E-state index in [-0.39, 0.29) is 53.8 Å². The fourth-order valence-electron chi connectivity index (χ4n) is 7.33. The molecule has 0 spiro atoms. The van der Waals surface area contributed by atoms with Gasteiger partial charge in [0.1, 0.15) is 0 Å². The molecule has 0 saturated carbocycles. The number of methoxy groups -OCH3 is 2. The van der Waals surface area contributed by atoms with Crippen LogP contribution in [0.5, 0.6) is 0 Å². The Labute approximate surface area is 367 Å². The van der Waals surface area contributed by atoms with Gasteiger partial charge in [0.15, 0.2) is 29.4 Å². The summed E-state index contributed by atoms with van der Waals surface area (Å²) in [4.78, 5) is 62.8. The van der Waals surface area contributed by atoms with Crippen molar-refractivity contribution >= 4 is 41.5 Å². The molecular weight excluding hydrogens is 845 g/mol. The van der Waals surface area contributed by atoms with Crippen LogP contribution >= 0.6 is 0 Å². The zero-order valence-corrected chi connectivity index (χ0v) is 35.7. The molecule has 0 aliphatic carbocycles. The predicted molar refractivity (Wildman–Crippen MR) is 228 cm³/mol. The number of piperidine rings is 1. The number of urea groups is 3. The number of rotatable bonds is 13. The molecule has 1 fully saturated rings. The van der Waals surface area contributed by atoms with E-state index in [2.05, 4.69) is 56.0 Å². The van der Waals surface area contributed by atoms with Gasteiger partial charge in [0.05, 0.1) is 50.6 Å². The van der Waals surface area contributed by atoms with Gasteiger partial charge >= 0.3 is 24.1 Å². The van der Waals surface area contributed by atoms with Crippen LogP contribution in [-0.4, -0.2) is 104 Å². The van der Waals surface area contributed by atoms with Crippen LogP contribution in [0.4, 0.5) is 37.6 Å². The summed E-state index contributed by atoms with van der Waals surface area (Å²) in [5.74, 6) is -4.48. The van der Waals surface area contributed by atoms with E-state index in [9.17, 15) is 46.6 Å². The highest BCUT2D eigenvalue weighted by molar-refractivity contribution is 5.98. The molecule has 0 bridgehead atoms. The Bertz CT molecular complexity index is 2230. The quantitative estimate of drug-likeness (QED) is 0.0396. The molecule has 7 amide bonds. The van der Waals surface area contributed by atoms with Crippen molar-refractivity contribution in [3.63, 3.8) is 0 Å². The lowest BCUT2D eigenvalue weighted by atomic mass is 9.89. The standard InChI is InChI=1S/C28H34F2N6O4.C14H14F2N2O4.C2H4/c1-18(38)32-22-5-2-4-20(16-22)19-8-13-35(14-9-19)12-3-11-31-28(40)36-25(10-15-37)33-27(39)34-26(36)21-6-7-23(29)24(30)17-21;1-21-6-10-11(13(19)22-2)12(18-14(20)17-10)7-3-4-8(15)9(16)5-7;1-2/h2,4-7,16-17,19,26,37H,3,8-15H2,1H3,(H3,31,32,34,38,39,40);3-5,12H,6H2,1-2H3,(H2,17,18,20);1-2H2/p+1/t;12-;/m.1./s1. The number of amides is 7. The molecule has 3 heterocycles. The number of hydrogen-bond acceptors (Lipinski definition) is 9. The summed E-state index contributed by atoms with van der Waals surface area (Å²) in [5, 5.41) is 25.1. The van der Waals surface area contributed by atoms with Gasteiger partial charge in [-0.3, -0.25) is 15.4 Å². The Morgan fingerprint density at radius 1 is 0.859 bits per heavy atom. The second-order valence-electron chi connectivity index (χ2n) is 14.5. The van der Waals surface area contributed by atoms with E-state index in [0.717, 1.165) is 62.4 Å². The summed E-state index contributed by atoms with van der Waals surface area (Å²) in [6.07, 6.45) is 1.58. The smallest absolute Gasteiger partial charge is 0.438 e. The third-order valence-electron chi connectivity index (χ3n) is 10.2. The van der Waals surface area contributed by atoms with Crippen LogP contribution in [0.3, 0.4) is 0 Å². The first-order valence-electron chi connectivity index (χ1n) is 20.2. The number of carbonyl (C=O) groups excluding carboxylic acids is 5. The Morgan fingerprint density at radius 2 is 1.50 bits per heavy atom. The Balaban J connectivity index is 0.000000316. The van der Waals surface area contributed by atoms with Gasteiger partial charge in [0.25, 0.3) is 0 Å². The maximum Gasteiger partial charge on any atom is 0.438 e. The van der Waals surface area contributed by atoms with Gasteiger partial charge < -0.3 is 35.4 Å². The van der Waals surface area contributed by atoms with Crippen molar-refractivity contribution in [2.45, 2.75) is 50.7 Å². The van der Waals surface area contributed by atoms with Gasteiger partial charge in [-0.1, -0.05) is 24.3 Å². The number of aliphatic hydroxyl groups is 1. The van der Waals surface area contributed by atoms with E-state index in [1.807, 2.05) is 18.2 Å². The molecule has 6 rings (SSSR count). The minimum Gasteiger partial charge on any atom is -0.466 e. The average Bonchev–Trinajstić information content (AvgIpc) is 3.27. The molecule has 2 atom stereocenters. The number of anilines is 1. The maximum atomic E-state index is 13.9. The third-order valence-corrected chi connectivity index (χ3v) is 10.2. The monoisotopic (exact) mass is 897 g/mol. The second-order valence-corrected chi connectivity index (χ2v) is 14.5. The van der Waals surface area contributed by atoms with Crippen LogP contribution in [0.25, 0.3) is 0 Å². The molecule has 0 radical (unpaired) electrons. The number of carbonyl (C=O) groups is 5. The molecule has 1 unspecified atom stereocenters. The van der Waals surface area contributed by atoms with Gasteiger partial charge in [-0.25, -0.2) is 42.1 Å². The van der Waals surface area contributed by atoms with Gasteiger partial charge in [-0.05, 0) is 85.8 Å². The molecule has 7 N–H and O–H groups in total. The summed E-state index contributed by atoms with van der Waals surface area (Å²) in [7, 11) is 2.57. The third kappa shape index (κ3) is 13.4. The molecule has 3 aliphatic heterocycles. The maximum absolute atomic E-state index is 13.9. The Morgan fingerprint density at radius 3 is 2.11 bits per heavy atom. The van der Waals surface area contributed by atoms with E-state index < -0.39 is 59.5 Å². The van der Waals surface area contributed by atoms with E-state index >= 15 is 0 Å². The van der Waals surface area contributed by atoms with E-state index in [0.29, 0.717) is 18.9 Å². The second kappa shape index (κ2) is 24.3. The van der Waals surface area contributed by atoms with Crippen molar-refractivity contribution in [1.82, 2.24) is 31.5 Å². The van der Waals surface area contributed by atoms with Crippen LogP contribution in [0, 0.1) is 23.3 Å². The fourth-order valence-corrected chi connectivity index (χ4v) is 7.33. The molecule has 16 nitrogen and oxygen atoms in total. The average molecular weight is 898 g/mol. The number of nitrogens with one attached hydrogen (secondary N) is 6. The van der Waals surface area contributed by atoms with Crippen LogP contribution in [-0.2, 0) is 19.1 Å². The molecule has 3 aromatic carbocycles. The van der Waals surface area contributed by atoms with Crippen molar-refractivity contribution in [2.75, 3.05) is 58.9 Å². The highest BCUT2D eigenvalue weighted by atomic mass is 19.2. The zero-order chi connectivity index (χ0) is 46.9. The number of amidine groups is 1. The highest BCUT2D eigenvalue weighted by Gasteiger charge is 2.37. The number of likely N-dealkylation sites (tertiary alicyclic amines) is 1. The number of hydrogen-bond donors (Lipinski definition) is 7. The molecule has 3 aromatic rings. The molecule has 20 heteroatoms. The van der Waals surface area contributed by atoms with Crippen molar-refractivity contribution in [1.29, 1.82) is 0 Å². The van der Waals surface area contributed by atoms with Gasteiger partial charge in [-0.2, -0.15) is 4.58 Å². The number of ether oxygens (including phenoxy) is 2.